The number of aromatic nitrogens is 1. The molecular weight excluding hydrogens is 278 g/mol. The van der Waals surface area contributed by atoms with E-state index in [1.54, 1.807) is 24.5 Å². The molecule has 6 nitrogen and oxygen atoms in total. The summed E-state index contributed by atoms with van der Waals surface area (Å²) in [5.41, 5.74) is -1.09. The Kier molecular flexibility index (Phi) is 4.27. The lowest BCUT2D eigenvalue weighted by Gasteiger charge is -2.31. The number of likely N-dealkylation sites (tertiary alicyclic amines) is 1. The van der Waals surface area contributed by atoms with Crippen molar-refractivity contribution in [1.82, 2.24) is 15.2 Å². The van der Waals surface area contributed by atoms with Gasteiger partial charge in [-0.2, -0.15) is 0 Å². The number of nitrogens with zero attached hydrogens (tertiary/aromatic N) is 2. The van der Waals surface area contributed by atoms with Crippen LogP contribution in [0.15, 0.2) is 11.6 Å². The Balaban J connectivity index is 1.93. The van der Waals surface area contributed by atoms with Crippen molar-refractivity contribution in [1.29, 1.82) is 0 Å². The zero-order valence-corrected chi connectivity index (χ0v) is 12.4. The van der Waals surface area contributed by atoms with E-state index in [2.05, 4.69) is 10.3 Å². The maximum Gasteiger partial charge on any atom is 0.329 e. The first-order valence-corrected chi connectivity index (χ1v) is 7.51. The van der Waals surface area contributed by atoms with E-state index in [9.17, 15) is 14.7 Å². The first-order chi connectivity index (χ1) is 9.45. The molecule has 0 saturated carbocycles. The molecule has 1 fully saturated rings. The second-order valence-electron chi connectivity index (χ2n) is 5.29. The molecule has 1 saturated heterocycles. The van der Waals surface area contributed by atoms with Crippen LogP contribution in [0, 0.1) is 0 Å². The van der Waals surface area contributed by atoms with Gasteiger partial charge in [0.2, 0.25) is 0 Å². The summed E-state index contributed by atoms with van der Waals surface area (Å²) >= 11 is 1.55. The van der Waals surface area contributed by atoms with Crippen LogP contribution in [0.5, 0.6) is 0 Å². The number of carbonyl (C=O) groups excluding carboxylic acids is 1. The summed E-state index contributed by atoms with van der Waals surface area (Å²) < 4.78 is 0. The molecule has 0 bridgehead atoms. The van der Waals surface area contributed by atoms with Crippen LogP contribution in [0.2, 0.25) is 0 Å². The van der Waals surface area contributed by atoms with Gasteiger partial charge >= 0.3 is 12.0 Å². The lowest BCUT2D eigenvalue weighted by atomic mass is 10.00. The fourth-order valence-electron chi connectivity index (χ4n) is 2.41. The third-order valence-electron chi connectivity index (χ3n) is 3.78. The number of hydrogen-bond donors (Lipinski definition) is 2. The Morgan fingerprint density at radius 1 is 1.65 bits per heavy atom. The summed E-state index contributed by atoms with van der Waals surface area (Å²) in [7, 11) is 0. The molecule has 2 amide bonds. The Morgan fingerprint density at radius 3 is 3.00 bits per heavy atom. The molecule has 110 valence electrons. The quantitative estimate of drug-likeness (QED) is 0.889. The van der Waals surface area contributed by atoms with E-state index < -0.39 is 11.5 Å². The number of carbonyl (C=O) groups is 2. The first-order valence-electron chi connectivity index (χ1n) is 6.63. The number of carboxylic acids is 1. The van der Waals surface area contributed by atoms with Gasteiger partial charge in [0.25, 0.3) is 0 Å². The molecule has 20 heavy (non-hydrogen) atoms. The van der Waals surface area contributed by atoms with Crippen molar-refractivity contribution < 1.29 is 14.7 Å². The SMILES string of the molecule is CC(CNC(=O)N1CCCC1(C)C(=O)O)c1nccs1. The number of nitrogens with one attached hydrogen (secondary N) is 1. The number of thiazole rings is 1. The molecule has 0 spiro atoms. The Bertz CT molecular complexity index is 491. The Morgan fingerprint density at radius 2 is 2.40 bits per heavy atom. The van der Waals surface area contributed by atoms with Crippen molar-refractivity contribution in [3.63, 3.8) is 0 Å². The van der Waals surface area contributed by atoms with Gasteiger partial charge in [-0.1, -0.05) is 6.92 Å². The molecule has 1 aromatic rings. The predicted octanol–water partition coefficient (Wildman–Crippen LogP) is 1.90. The van der Waals surface area contributed by atoms with Crippen LogP contribution in [-0.2, 0) is 4.79 Å². The minimum Gasteiger partial charge on any atom is -0.480 e. The average Bonchev–Trinajstić information content (AvgIpc) is 3.05. The maximum atomic E-state index is 12.2. The van der Waals surface area contributed by atoms with Crippen molar-refractivity contribution in [2.75, 3.05) is 13.1 Å². The van der Waals surface area contributed by atoms with Crippen LogP contribution in [0.3, 0.4) is 0 Å². The predicted molar refractivity (Wildman–Crippen MR) is 75.9 cm³/mol. The van der Waals surface area contributed by atoms with Gasteiger partial charge in [0.1, 0.15) is 5.54 Å². The first kappa shape index (κ1) is 14.8. The molecule has 2 N–H and O–H groups in total. The Labute approximate surface area is 121 Å². The third kappa shape index (κ3) is 2.77. The summed E-state index contributed by atoms with van der Waals surface area (Å²) in [4.78, 5) is 29.1. The molecule has 1 aliphatic heterocycles. The van der Waals surface area contributed by atoms with Crippen molar-refractivity contribution in [2.45, 2.75) is 38.1 Å². The number of aliphatic carboxylic acids is 1. The van der Waals surface area contributed by atoms with Crippen molar-refractivity contribution in [2.24, 2.45) is 0 Å². The van der Waals surface area contributed by atoms with E-state index in [0.717, 1.165) is 11.4 Å². The van der Waals surface area contributed by atoms with Crippen molar-refractivity contribution in [3.8, 4) is 0 Å². The minimum absolute atomic E-state index is 0.123. The molecule has 7 heteroatoms. The number of hydrogen-bond acceptors (Lipinski definition) is 4. The lowest BCUT2D eigenvalue weighted by molar-refractivity contribution is -0.147. The smallest absolute Gasteiger partial charge is 0.329 e. The van der Waals surface area contributed by atoms with Crippen LogP contribution in [-0.4, -0.2) is 45.6 Å². The van der Waals surface area contributed by atoms with Crippen molar-refractivity contribution in [3.05, 3.63) is 16.6 Å². The van der Waals surface area contributed by atoms with Crippen LogP contribution in [0.4, 0.5) is 4.79 Å². The second kappa shape index (κ2) is 5.78. The monoisotopic (exact) mass is 297 g/mol. The van der Waals surface area contributed by atoms with E-state index in [1.807, 2.05) is 12.3 Å². The second-order valence-corrected chi connectivity index (χ2v) is 6.22. The number of amides is 2. The van der Waals surface area contributed by atoms with Gasteiger partial charge in [-0.3, -0.25) is 0 Å². The van der Waals surface area contributed by atoms with E-state index in [0.29, 0.717) is 19.5 Å². The van der Waals surface area contributed by atoms with Crippen LogP contribution < -0.4 is 5.32 Å². The van der Waals surface area contributed by atoms with Gasteiger partial charge in [0, 0.05) is 30.6 Å². The van der Waals surface area contributed by atoms with E-state index >= 15 is 0 Å². The summed E-state index contributed by atoms with van der Waals surface area (Å²) in [5.74, 6) is -0.823. The molecule has 2 rings (SSSR count). The highest BCUT2D eigenvalue weighted by atomic mass is 32.1. The highest BCUT2D eigenvalue weighted by molar-refractivity contribution is 7.09. The largest absolute Gasteiger partial charge is 0.480 e. The zero-order chi connectivity index (χ0) is 14.8. The molecule has 0 radical (unpaired) electrons. The van der Waals surface area contributed by atoms with Crippen LogP contribution in [0.1, 0.15) is 37.6 Å². The van der Waals surface area contributed by atoms with Gasteiger partial charge in [0.05, 0.1) is 5.01 Å². The number of carboxylic acid groups (broad SMARTS) is 1. The molecular formula is C13H19N3O3S. The highest BCUT2D eigenvalue weighted by Gasteiger charge is 2.45. The van der Waals surface area contributed by atoms with Crippen LogP contribution >= 0.6 is 11.3 Å². The van der Waals surface area contributed by atoms with E-state index in [-0.39, 0.29) is 11.9 Å². The fourth-order valence-corrected chi connectivity index (χ4v) is 3.11. The van der Waals surface area contributed by atoms with Gasteiger partial charge in [0.15, 0.2) is 0 Å². The van der Waals surface area contributed by atoms with Crippen molar-refractivity contribution >= 4 is 23.3 Å². The van der Waals surface area contributed by atoms with E-state index in [4.69, 9.17) is 0 Å². The van der Waals surface area contributed by atoms with Gasteiger partial charge in [-0.25, -0.2) is 14.6 Å². The van der Waals surface area contributed by atoms with Crippen LogP contribution in [0.25, 0.3) is 0 Å². The lowest BCUT2D eigenvalue weighted by Crippen LogP contribution is -2.54. The van der Waals surface area contributed by atoms with Gasteiger partial charge in [-0.05, 0) is 19.8 Å². The fraction of sp³-hybridized carbons (Fsp3) is 0.615. The molecule has 0 aromatic carbocycles. The van der Waals surface area contributed by atoms with Gasteiger partial charge in [-0.15, -0.1) is 11.3 Å². The summed E-state index contributed by atoms with van der Waals surface area (Å²) in [6.45, 7) is 4.53. The zero-order valence-electron chi connectivity index (χ0n) is 11.6. The normalized spacial score (nSPS) is 23.6. The topological polar surface area (TPSA) is 82.5 Å². The number of rotatable bonds is 4. The maximum absolute atomic E-state index is 12.2. The molecule has 1 aliphatic rings. The summed E-state index contributed by atoms with van der Waals surface area (Å²) in [5, 5.41) is 15.0. The average molecular weight is 297 g/mol. The minimum atomic E-state index is -1.09. The highest BCUT2D eigenvalue weighted by Crippen LogP contribution is 2.29. The van der Waals surface area contributed by atoms with Gasteiger partial charge < -0.3 is 15.3 Å². The molecule has 2 heterocycles. The summed E-state index contributed by atoms with van der Waals surface area (Å²) in [6.07, 6.45) is 2.95. The standard InChI is InChI=1S/C13H19N3O3S/c1-9(10-14-5-7-20-10)8-15-12(19)16-6-3-4-13(16,2)11(17)18/h5,7,9H,3-4,6,8H2,1-2H3,(H,15,19)(H,17,18). The molecule has 1 aromatic heterocycles. The molecule has 2 unspecified atom stereocenters. The molecule has 0 aliphatic carbocycles. The third-order valence-corrected chi connectivity index (χ3v) is 4.79. The number of urea groups is 1. The molecule has 2 atom stereocenters. The van der Waals surface area contributed by atoms with E-state index in [1.165, 1.54) is 4.90 Å². The summed E-state index contributed by atoms with van der Waals surface area (Å²) in [6, 6.07) is -0.309. The Hall–Kier alpha value is -1.63.